The first-order chi connectivity index (χ1) is 6.50. The minimum absolute atomic E-state index is 0.157. The van der Waals surface area contributed by atoms with Gasteiger partial charge in [0.25, 0.3) is 5.56 Å². The molecule has 0 aliphatic rings. The van der Waals surface area contributed by atoms with Crippen molar-refractivity contribution < 1.29 is 4.79 Å². The molecular formula is C9H11ClN2O2. The van der Waals surface area contributed by atoms with Gasteiger partial charge in [0.05, 0.1) is 10.6 Å². The van der Waals surface area contributed by atoms with E-state index in [0.717, 1.165) is 0 Å². The molecule has 1 aromatic rings. The Labute approximate surface area is 86.3 Å². The Balaban J connectivity index is 2.97. The van der Waals surface area contributed by atoms with Gasteiger partial charge < -0.3 is 10.3 Å². The van der Waals surface area contributed by atoms with E-state index in [4.69, 9.17) is 11.6 Å². The lowest BCUT2D eigenvalue weighted by molar-refractivity contribution is -0.119. The Kier molecular flexibility index (Phi) is 3.30. The molecule has 0 aliphatic carbocycles. The second kappa shape index (κ2) is 4.28. The van der Waals surface area contributed by atoms with Crippen LogP contribution in [0.15, 0.2) is 10.9 Å². The maximum atomic E-state index is 11.4. The van der Waals surface area contributed by atoms with Crippen LogP contribution in [0.3, 0.4) is 0 Å². The lowest BCUT2D eigenvalue weighted by atomic mass is 10.2. The Morgan fingerprint density at radius 1 is 1.64 bits per heavy atom. The van der Waals surface area contributed by atoms with Crippen molar-refractivity contribution in [2.75, 3.05) is 0 Å². The number of carbonyl (C=O) groups excluding carboxylic acids is 1. The molecule has 0 saturated carbocycles. The van der Waals surface area contributed by atoms with Gasteiger partial charge in [-0.3, -0.25) is 9.59 Å². The SMILES string of the molecule is CC(=O)NCc1c(Cl)cc(C)[nH]c1=O. The Morgan fingerprint density at radius 2 is 2.29 bits per heavy atom. The number of amides is 1. The third-order valence-corrected chi connectivity index (χ3v) is 2.07. The van der Waals surface area contributed by atoms with Gasteiger partial charge >= 0.3 is 0 Å². The number of halogens is 1. The number of pyridine rings is 1. The quantitative estimate of drug-likeness (QED) is 0.771. The van der Waals surface area contributed by atoms with Crippen molar-refractivity contribution in [3.63, 3.8) is 0 Å². The molecule has 0 bridgehead atoms. The molecule has 76 valence electrons. The molecule has 0 aromatic carbocycles. The highest BCUT2D eigenvalue weighted by Crippen LogP contribution is 2.11. The predicted molar refractivity (Wildman–Crippen MR) is 54.3 cm³/mol. The number of nitrogens with one attached hydrogen (secondary N) is 2. The number of H-pyrrole nitrogens is 1. The maximum Gasteiger partial charge on any atom is 0.254 e. The van der Waals surface area contributed by atoms with Gasteiger partial charge in [0, 0.05) is 19.2 Å². The number of hydrogen-bond acceptors (Lipinski definition) is 2. The number of rotatable bonds is 2. The lowest BCUT2D eigenvalue weighted by Gasteiger charge is -2.04. The van der Waals surface area contributed by atoms with Crippen molar-refractivity contribution >= 4 is 17.5 Å². The molecule has 1 rings (SSSR count). The summed E-state index contributed by atoms with van der Waals surface area (Å²) in [5.41, 5.74) is 0.822. The Morgan fingerprint density at radius 3 is 2.79 bits per heavy atom. The highest BCUT2D eigenvalue weighted by Gasteiger charge is 2.06. The van der Waals surface area contributed by atoms with Crippen LogP contribution < -0.4 is 10.9 Å². The van der Waals surface area contributed by atoms with Gasteiger partial charge in [-0.15, -0.1) is 0 Å². The van der Waals surface area contributed by atoms with E-state index in [9.17, 15) is 9.59 Å². The molecule has 0 fully saturated rings. The van der Waals surface area contributed by atoms with Gasteiger partial charge in [-0.2, -0.15) is 0 Å². The molecule has 0 radical (unpaired) electrons. The van der Waals surface area contributed by atoms with Gasteiger partial charge in [-0.05, 0) is 13.0 Å². The minimum Gasteiger partial charge on any atom is -0.352 e. The van der Waals surface area contributed by atoms with Crippen LogP contribution in [-0.4, -0.2) is 10.9 Å². The Hall–Kier alpha value is -1.29. The maximum absolute atomic E-state index is 11.4. The summed E-state index contributed by atoms with van der Waals surface area (Å²) in [5.74, 6) is -0.193. The van der Waals surface area contributed by atoms with Crippen LogP contribution in [-0.2, 0) is 11.3 Å². The van der Waals surface area contributed by atoms with Crippen LogP contribution in [0.2, 0.25) is 5.02 Å². The van der Waals surface area contributed by atoms with Crippen LogP contribution in [0.5, 0.6) is 0 Å². The van der Waals surface area contributed by atoms with E-state index >= 15 is 0 Å². The zero-order valence-electron chi connectivity index (χ0n) is 7.98. The van der Waals surface area contributed by atoms with Crippen molar-refractivity contribution in [2.24, 2.45) is 0 Å². The summed E-state index contributed by atoms with van der Waals surface area (Å²) >= 11 is 5.85. The van der Waals surface area contributed by atoms with Crippen molar-refractivity contribution in [2.45, 2.75) is 20.4 Å². The van der Waals surface area contributed by atoms with Crippen molar-refractivity contribution in [1.29, 1.82) is 0 Å². The fourth-order valence-corrected chi connectivity index (χ4v) is 1.37. The van der Waals surface area contributed by atoms with E-state index < -0.39 is 0 Å². The van der Waals surface area contributed by atoms with Crippen molar-refractivity contribution in [3.8, 4) is 0 Å². The van der Waals surface area contributed by atoms with Gasteiger partial charge in [-0.25, -0.2) is 0 Å². The standard InChI is InChI=1S/C9H11ClN2O2/c1-5-3-8(10)7(9(14)12-5)4-11-6(2)13/h3H,4H2,1-2H3,(H,11,13)(H,12,14). The second-order valence-electron chi connectivity index (χ2n) is 3.02. The fraction of sp³-hybridized carbons (Fsp3) is 0.333. The van der Waals surface area contributed by atoms with Crippen LogP contribution in [0, 0.1) is 6.92 Å². The van der Waals surface area contributed by atoms with Crippen molar-refractivity contribution in [1.82, 2.24) is 10.3 Å². The first kappa shape index (κ1) is 10.8. The van der Waals surface area contributed by atoms with Crippen LogP contribution in [0.4, 0.5) is 0 Å². The van der Waals surface area contributed by atoms with Gasteiger partial charge in [0.1, 0.15) is 0 Å². The molecule has 1 amide bonds. The summed E-state index contributed by atoms with van der Waals surface area (Å²) in [5, 5.41) is 2.89. The third kappa shape index (κ3) is 2.60. The molecule has 2 N–H and O–H groups in total. The minimum atomic E-state index is -0.260. The monoisotopic (exact) mass is 214 g/mol. The average molecular weight is 215 g/mol. The third-order valence-electron chi connectivity index (χ3n) is 1.73. The van der Waals surface area contributed by atoms with Gasteiger partial charge in [-0.1, -0.05) is 11.6 Å². The van der Waals surface area contributed by atoms with Gasteiger partial charge in [0.2, 0.25) is 5.91 Å². The topological polar surface area (TPSA) is 62.0 Å². The molecule has 5 heteroatoms. The highest BCUT2D eigenvalue weighted by molar-refractivity contribution is 6.31. The number of aromatic amines is 1. The first-order valence-corrected chi connectivity index (χ1v) is 4.51. The number of hydrogen-bond donors (Lipinski definition) is 2. The Bertz CT molecular complexity index is 412. The second-order valence-corrected chi connectivity index (χ2v) is 3.42. The summed E-state index contributed by atoms with van der Waals surface area (Å²) in [7, 11) is 0. The van der Waals surface area contributed by atoms with Crippen molar-refractivity contribution in [3.05, 3.63) is 32.7 Å². The predicted octanol–water partition coefficient (Wildman–Crippen LogP) is 0.973. The molecular weight excluding hydrogens is 204 g/mol. The molecule has 0 saturated heterocycles. The van der Waals surface area contributed by atoms with Crippen LogP contribution in [0.25, 0.3) is 0 Å². The summed E-state index contributed by atoms with van der Waals surface area (Å²) < 4.78 is 0. The lowest BCUT2D eigenvalue weighted by Crippen LogP contribution is -2.25. The summed E-state index contributed by atoms with van der Waals surface area (Å²) in [6.45, 7) is 3.29. The van der Waals surface area contributed by atoms with Gasteiger partial charge in [0.15, 0.2) is 0 Å². The zero-order valence-corrected chi connectivity index (χ0v) is 8.73. The molecule has 0 spiro atoms. The van der Waals surface area contributed by atoms with E-state index in [-0.39, 0.29) is 18.0 Å². The van der Waals surface area contributed by atoms with Crippen LogP contribution in [0.1, 0.15) is 18.2 Å². The smallest absolute Gasteiger partial charge is 0.254 e. The molecule has 4 nitrogen and oxygen atoms in total. The van der Waals surface area contributed by atoms with E-state index in [0.29, 0.717) is 16.3 Å². The molecule has 14 heavy (non-hydrogen) atoms. The average Bonchev–Trinajstić information content (AvgIpc) is 2.01. The van der Waals surface area contributed by atoms with E-state index in [1.54, 1.807) is 13.0 Å². The normalized spacial score (nSPS) is 9.93. The van der Waals surface area contributed by atoms with E-state index in [1.165, 1.54) is 6.92 Å². The summed E-state index contributed by atoms with van der Waals surface area (Å²) in [6, 6.07) is 1.65. The fourth-order valence-electron chi connectivity index (χ4n) is 1.05. The number of aryl methyl sites for hydroxylation is 1. The largest absolute Gasteiger partial charge is 0.352 e. The van der Waals surface area contributed by atoms with E-state index in [2.05, 4.69) is 10.3 Å². The van der Waals surface area contributed by atoms with Crippen LogP contribution >= 0.6 is 11.6 Å². The zero-order chi connectivity index (χ0) is 10.7. The molecule has 0 unspecified atom stereocenters. The molecule has 0 atom stereocenters. The van der Waals surface area contributed by atoms with E-state index in [1.807, 2.05) is 0 Å². The molecule has 0 aliphatic heterocycles. The first-order valence-electron chi connectivity index (χ1n) is 4.13. The molecule has 1 heterocycles. The summed E-state index contributed by atoms with van der Waals surface area (Å²) in [4.78, 5) is 24.6. The highest BCUT2D eigenvalue weighted by atomic mass is 35.5. The number of carbonyl (C=O) groups is 1. The number of aromatic nitrogens is 1. The summed E-state index contributed by atoms with van der Waals surface area (Å²) in [6.07, 6.45) is 0. The molecule has 1 aromatic heterocycles.